The van der Waals surface area contributed by atoms with Crippen molar-refractivity contribution < 1.29 is 23.9 Å². The lowest BCUT2D eigenvalue weighted by Crippen LogP contribution is -2.51. The lowest BCUT2D eigenvalue weighted by atomic mass is 10.0. The van der Waals surface area contributed by atoms with Gasteiger partial charge in [0.05, 0.1) is 47.2 Å². The van der Waals surface area contributed by atoms with E-state index in [1.807, 2.05) is 17.2 Å². The van der Waals surface area contributed by atoms with Crippen molar-refractivity contribution >= 4 is 58.4 Å². The summed E-state index contributed by atoms with van der Waals surface area (Å²) in [5.41, 5.74) is 1.92. The number of nitrogens with one attached hydrogen (secondary N) is 1. The zero-order valence-corrected chi connectivity index (χ0v) is 28.0. The minimum Gasteiger partial charge on any atom is -0.493 e. The summed E-state index contributed by atoms with van der Waals surface area (Å²) < 4.78 is 12.3. The first-order chi connectivity index (χ1) is 23.2. The molecule has 3 aliphatic heterocycles. The van der Waals surface area contributed by atoms with Crippen LogP contribution in [-0.2, 0) is 4.79 Å². The van der Waals surface area contributed by atoms with Crippen LogP contribution < -0.4 is 14.8 Å². The van der Waals surface area contributed by atoms with Gasteiger partial charge in [-0.1, -0.05) is 35.3 Å². The number of methoxy groups -OCH3 is 1. The average molecular weight is 689 g/mol. The summed E-state index contributed by atoms with van der Waals surface area (Å²) in [5, 5.41) is 3.65. The molecule has 0 bridgehead atoms. The van der Waals surface area contributed by atoms with Gasteiger partial charge in [-0.3, -0.25) is 29.2 Å². The first kappa shape index (κ1) is 31.3. The Labute approximate surface area is 288 Å². The van der Waals surface area contributed by atoms with Crippen LogP contribution >= 0.6 is 23.2 Å². The number of nitrogens with zero attached hydrogens (tertiary/aromatic N) is 4. The van der Waals surface area contributed by atoms with E-state index in [1.54, 1.807) is 55.6 Å². The summed E-state index contributed by atoms with van der Waals surface area (Å²) in [4.78, 5) is 50.9. The van der Waals surface area contributed by atoms with Gasteiger partial charge in [0, 0.05) is 74.0 Å². The van der Waals surface area contributed by atoms with E-state index in [-0.39, 0.29) is 46.9 Å². The molecule has 2 saturated heterocycles. The number of rotatable bonds is 9. The quantitative estimate of drug-likeness (QED) is 0.298. The van der Waals surface area contributed by atoms with Gasteiger partial charge in [0.1, 0.15) is 5.60 Å². The second-order valence-electron chi connectivity index (χ2n) is 13.3. The topological polar surface area (TPSA) is 104 Å². The SMILES string of the molecule is COc1cc2c(cc1OC13CC1(N1CCN(CC(=O)Nc4ccc(Cl)cc4C(=O)c4ccccc4Cl)CC1)C3)N=C[C@@H]1CCCN1C2=O. The molecule has 248 valence electrons. The van der Waals surface area contributed by atoms with Crippen molar-refractivity contribution in [2.45, 2.75) is 42.9 Å². The average Bonchev–Trinajstić information content (AvgIpc) is 3.83. The summed E-state index contributed by atoms with van der Waals surface area (Å²) in [6.07, 6.45) is 5.66. The number of ketones is 1. The zero-order chi connectivity index (χ0) is 33.2. The molecule has 5 aliphatic rings. The van der Waals surface area contributed by atoms with E-state index in [9.17, 15) is 14.4 Å². The monoisotopic (exact) mass is 687 g/mol. The second-order valence-corrected chi connectivity index (χ2v) is 14.1. The Morgan fingerprint density at radius 2 is 1.77 bits per heavy atom. The van der Waals surface area contributed by atoms with Crippen LogP contribution in [0.4, 0.5) is 11.4 Å². The molecular formula is C36H35Cl2N5O5. The van der Waals surface area contributed by atoms with Crippen molar-refractivity contribution in [1.29, 1.82) is 0 Å². The molecule has 1 N–H and O–H groups in total. The predicted octanol–water partition coefficient (Wildman–Crippen LogP) is 5.47. The van der Waals surface area contributed by atoms with Crippen LogP contribution in [0.5, 0.6) is 11.5 Å². The van der Waals surface area contributed by atoms with Crippen molar-refractivity contribution in [3.05, 3.63) is 81.3 Å². The summed E-state index contributed by atoms with van der Waals surface area (Å²) in [6, 6.07) is 15.3. The van der Waals surface area contributed by atoms with Crippen molar-refractivity contribution in [2.75, 3.05) is 51.7 Å². The van der Waals surface area contributed by atoms with Crippen LogP contribution in [0.15, 0.2) is 59.6 Å². The Morgan fingerprint density at radius 1 is 0.979 bits per heavy atom. The van der Waals surface area contributed by atoms with Gasteiger partial charge in [-0.15, -0.1) is 0 Å². The molecule has 10 nitrogen and oxygen atoms in total. The molecular weight excluding hydrogens is 653 g/mol. The van der Waals surface area contributed by atoms with Crippen LogP contribution in [0.25, 0.3) is 0 Å². The van der Waals surface area contributed by atoms with Gasteiger partial charge in [0.25, 0.3) is 5.91 Å². The van der Waals surface area contributed by atoms with Crippen molar-refractivity contribution in [1.82, 2.24) is 14.7 Å². The van der Waals surface area contributed by atoms with E-state index in [2.05, 4.69) is 20.1 Å². The number of piperazine rings is 1. The highest BCUT2D eigenvalue weighted by Gasteiger charge is 2.89. The molecule has 0 unspecified atom stereocenters. The number of amides is 2. The molecule has 8 rings (SSSR count). The summed E-state index contributed by atoms with van der Waals surface area (Å²) in [7, 11) is 1.60. The number of hydrogen-bond donors (Lipinski definition) is 1. The Kier molecular flexibility index (Phi) is 7.75. The first-order valence-corrected chi connectivity index (χ1v) is 17.1. The van der Waals surface area contributed by atoms with E-state index >= 15 is 0 Å². The molecule has 0 spiro atoms. The van der Waals surface area contributed by atoms with E-state index < -0.39 is 0 Å². The molecule has 48 heavy (non-hydrogen) atoms. The van der Waals surface area contributed by atoms with Gasteiger partial charge >= 0.3 is 0 Å². The molecule has 12 heteroatoms. The Bertz CT molecular complexity index is 1870. The fourth-order valence-electron chi connectivity index (χ4n) is 7.61. The molecule has 2 amide bonds. The van der Waals surface area contributed by atoms with Crippen LogP contribution in [0.3, 0.4) is 0 Å². The number of halogens is 2. The highest BCUT2D eigenvalue weighted by Crippen LogP contribution is 2.76. The van der Waals surface area contributed by atoms with Crippen LogP contribution in [0.1, 0.15) is 52.0 Å². The molecule has 0 aromatic heterocycles. The first-order valence-electron chi connectivity index (χ1n) is 16.3. The number of fused-ring (bicyclic) bond motifs is 3. The number of ether oxygens (including phenoxy) is 2. The van der Waals surface area contributed by atoms with Crippen LogP contribution in [0.2, 0.25) is 10.0 Å². The predicted molar refractivity (Wildman–Crippen MR) is 184 cm³/mol. The number of carbonyl (C=O) groups excluding carboxylic acids is 3. The standard InChI is InChI=1S/C36H35Cl2N5O5/c1-47-30-16-26-29(39-18-23-5-4-10-43(23)34(26)46)17-31(30)48-36-20-35(36,21-36)42-13-11-41(12-14-42)19-32(44)40-28-9-8-22(37)15-25(28)33(45)24-6-2-3-7-27(24)38/h2-3,6-9,15-18,23H,4-5,10-14,19-21H2,1H3,(H,40,44)/t23-,35?,36?/m0/s1. The summed E-state index contributed by atoms with van der Waals surface area (Å²) >= 11 is 12.5. The highest BCUT2D eigenvalue weighted by molar-refractivity contribution is 6.36. The molecule has 2 aliphatic carbocycles. The molecule has 0 radical (unpaired) electrons. The third kappa shape index (κ3) is 5.35. The maximum Gasteiger partial charge on any atom is 0.256 e. The molecule has 4 fully saturated rings. The van der Waals surface area contributed by atoms with E-state index in [0.717, 1.165) is 58.4 Å². The number of aliphatic imine (C=N–C) groups is 1. The van der Waals surface area contributed by atoms with Crippen LogP contribution in [0, 0.1) is 0 Å². The fraction of sp³-hybridized carbons (Fsp3) is 0.389. The highest BCUT2D eigenvalue weighted by atomic mass is 35.5. The molecule has 3 aromatic rings. The molecule has 1 atom stereocenters. The smallest absolute Gasteiger partial charge is 0.256 e. The molecule has 3 aromatic carbocycles. The van der Waals surface area contributed by atoms with Gasteiger partial charge in [-0.25, -0.2) is 0 Å². The number of anilines is 1. The zero-order valence-electron chi connectivity index (χ0n) is 26.5. The molecule has 2 saturated carbocycles. The van der Waals surface area contributed by atoms with Crippen LogP contribution in [-0.4, -0.2) is 102 Å². The second kappa shape index (κ2) is 11.9. The van der Waals surface area contributed by atoms with Gasteiger partial charge < -0.3 is 19.7 Å². The summed E-state index contributed by atoms with van der Waals surface area (Å²) in [6.45, 7) is 4.03. The maximum atomic E-state index is 13.3. The fourth-order valence-corrected chi connectivity index (χ4v) is 8.01. The molecule has 3 heterocycles. The Hall–Kier alpha value is -3.96. The normalized spacial score (nSPS) is 25.9. The minimum absolute atomic E-state index is 0.00838. The summed E-state index contributed by atoms with van der Waals surface area (Å²) in [5.74, 6) is 0.643. The van der Waals surface area contributed by atoms with E-state index in [4.69, 9.17) is 32.7 Å². The van der Waals surface area contributed by atoms with Crippen molar-refractivity contribution in [2.24, 2.45) is 4.99 Å². The third-order valence-corrected chi connectivity index (χ3v) is 11.0. The van der Waals surface area contributed by atoms with E-state index in [0.29, 0.717) is 44.0 Å². The van der Waals surface area contributed by atoms with Gasteiger partial charge in [0.15, 0.2) is 17.3 Å². The number of hydrogen-bond acceptors (Lipinski definition) is 8. The van der Waals surface area contributed by atoms with Crippen molar-refractivity contribution in [3.8, 4) is 11.5 Å². The lowest BCUT2D eigenvalue weighted by Gasteiger charge is -2.35. The Balaban J connectivity index is 0.885. The van der Waals surface area contributed by atoms with Gasteiger partial charge in [0.2, 0.25) is 5.91 Å². The maximum absolute atomic E-state index is 13.3. The van der Waals surface area contributed by atoms with Gasteiger partial charge in [-0.05, 0) is 49.2 Å². The third-order valence-electron chi connectivity index (χ3n) is 10.5. The van der Waals surface area contributed by atoms with E-state index in [1.165, 1.54) is 0 Å². The minimum atomic E-state index is -0.309. The largest absolute Gasteiger partial charge is 0.493 e. The van der Waals surface area contributed by atoms with Gasteiger partial charge in [-0.2, -0.15) is 0 Å². The number of benzene rings is 3. The Morgan fingerprint density at radius 3 is 2.54 bits per heavy atom. The van der Waals surface area contributed by atoms with Crippen molar-refractivity contribution in [3.63, 3.8) is 0 Å². The number of carbonyl (C=O) groups is 3. The lowest BCUT2D eigenvalue weighted by molar-refractivity contribution is -0.117.